The molecular weight excluding hydrogens is 260 g/mol. The zero-order chi connectivity index (χ0) is 13.8. The number of ether oxygens (including phenoxy) is 1. The predicted molar refractivity (Wildman–Crippen MR) is 77.2 cm³/mol. The van der Waals surface area contributed by atoms with Crippen molar-refractivity contribution >= 4 is 17.4 Å². The lowest BCUT2D eigenvalue weighted by Gasteiger charge is -2.07. The third-order valence-corrected chi connectivity index (χ3v) is 3.35. The Labute approximate surface area is 118 Å². The summed E-state index contributed by atoms with van der Waals surface area (Å²) in [5, 5.41) is 0.608. The topological polar surface area (TPSA) is 26.3 Å². The molecule has 2 aromatic carbocycles. The molecule has 2 rings (SSSR count). The second-order valence-corrected chi connectivity index (χ2v) is 4.61. The van der Waals surface area contributed by atoms with E-state index in [1.54, 1.807) is 42.5 Å². The van der Waals surface area contributed by atoms with Gasteiger partial charge >= 0.3 is 0 Å². The van der Waals surface area contributed by atoms with E-state index in [1.165, 1.54) is 0 Å². The summed E-state index contributed by atoms with van der Waals surface area (Å²) in [5.74, 6) is 0.741. The van der Waals surface area contributed by atoms with Gasteiger partial charge in [0.1, 0.15) is 5.75 Å². The fraction of sp³-hybridized carbons (Fsp3) is 0.188. The summed E-state index contributed by atoms with van der Waals surface area (Å²) < 4.78 is 5.36. The summed E-state index contributed by atoms with van der Waals surface area (Å²) in [5.41, 5.74) is 2.08. The van der Waals surface area contributed by atoms with Crippen LogP contribution in [0.1, 0.15) is 28.4 Å². The summed E-state index contributed by atoms with van der Waals surface area (Å²) in [6.07, 6.45) is 0. The van der Waals surface area contributed by atoms with Crippen LogP contribution >= 0.6 is 11.6 Å². The number of halogens is 1. The van der Waals surface area contributed by atoms with Crippen LogP contribution in [-0.4, -0.2) is 12.4 Å². The molecule has 0 heterocycles. The maximum atomic E-state index is 12.4. The highest BCUT2D eigenvalue weighted by Gasteiger charge is 2.13. The minimum absolute atomic E-state index is 0.0250. The van der Waals surface area contributed by atoms with Gasteiger partial charge < -0.3 is 4.74 Å². The molecule has 0 N–H and O–H groups in total. The molecule has 0 radical (unpaired) electrons. The Bertz CT molecular complexity index is 588. The molecular formula is C16H15ClO2. The molecule has 0 aliphatic heterocycles. The number of hydrogen-bond acceptors (Lipinski definition) is 2. The summed E-state index contributed by atoms with van der Waals surface area (Å²) in [7, 11) is 0. The van der Waals surface area contributed by atoms with Crippen LogP contribution < -0.4 is 4.74 Å². The lowest BCUT2D eigenvalue weighted by molar-refractivity contribution is 0.103. The third-order valence-electron chi connectivity index (χ3n) is 2.94. The number of carbonyl (C=O) groups excluding carboxylic acids is 1. The largest absolute Gasteiger partial charge is 0.494 e. The highest BCUT2D eigenvalue weighted by Crippen LogP contribution is 2.22. The molecule has 0 saturated carbocycles. The molecule has 2 nitrogen and oxygen atoms in total. The molecule has 0 aliphatic carbocycles. The van der Waals surface area contributed by atoms with Gasteiger partial charge in [0.25, 0.3) is 0 Å². The van der Waals surface area contributed by atoms with Crippen LogP contribution in [0.3, 0.4) is 0 Å². The summed E-state index contributed by atoms with van der Waals surface area (Å²) in [6.45, 7) is 4.39. The molecule has 0 atom stereocenters. The van der Waals surface area contributed by atoms with Crippen molar-refractivity contribution < 1.29 is 9.53 Å². The van der Waals surface area contributed by atoms with Crippen molar-refractivity contribution in [2.24, 2.45) is 0 Å². The predicted octanol–water partition coefficient (Wildman–Crippen LogP) is 4.28. The first-order valence-electron chi connectivity index (χ1n) is 6.16. The Kier molecular flexibility index (Phi) is 4.23. The second-order valence-electron chi connectivity index (χ2n) is 4.20. The van der Waals surface area contributed by atoms with E-state index in [9.17, 15) is 4.79 Å². The fourth-order valence-electron chi connectivity index (χ4n) is 1.88. The number of hydrogen-bond donors (Lipinski definition) is 0. The first-order valence-corrected chi connectivity index (χ1v) is 6.54. The summed E-state index contributed by atoms with van der Waals surface area (Å²) in [4.78, 5) is 12.4. The molecule has 0 fully saturated rings. The van der Waals surface area contributed by atoms with Gasteiger partial charge in [0.2, 0.25) is 0 Å². The van der Waals surface area contributed by atoms with Crippen molar-refractivity contribution in [2.75, 3.05) is 6.61 Å². The zero-order valence-electron chi connectivity index (χ0n) is 10.9. The van der Waals surface area contributed by atoms with Crippen LogP contribution in [0.15, 0.2) is 42.5 Å². The Morgan fingerprint density at radius 3 is 2.47 bits per heavy atom. The van der Waals surface area contributed by atoms with E-state index in [0.29, 0.717) is 22.8 Å². The SMILES string of the molecule is CCOc1ccc(C(=O)c2cccc(Cl)c2C)cc1. The van der Waals surface area contributed by atoms with Crippen LogP contribution in [0.25, 0.3) is 0 Å². The molecule has 0 saturated heterocycles. The smallest absolute Gasteiger partial charge is 0.193 e. The Balaban J connectivity index is 2.31. The summed E-state index contributed by atoms with van der Waals surface area (Å²) >= 11 is 6.04. The molecule has 3 heteroatoms. The van der Waals surface area contributed by atoms with Gasteiger partial charge in [-0.25, -0.2) is 0 Å². The van der Waals surface area contributed by atoms with Gasteiger partial charge in [-0.2, -0.15) is 0 Å². The summed E-state index contributed by atoms with van der Waals surface area (Å²) in [6, 6.07) is 12.5. The minimum Gasteiger partial charge on any atom is -0.494 e. The first kappa shape index (κ1) is 13.6. The highest BCUT2D eigenvalue weighted by atomic mass is 35.5. The van der Waals surface area contributed by atoms with Gasteiger partial charge in [-0.05, 0) is 49.7 Å². The Morgan fingerprint density at radius 1 is 1.16 bits per heavy atom. The number of ketones is 1. The lowest BCUT2D eigenvalue weighted by Crippen LogP contribution is -2.04. The van der Waals surface area contributed by atoms with Crippen molar-refractivity contribution in [2.45, 2.75) is 13.8 Å². The molecule has 0 aliphatic rings. The van der Waals surface area contributed by atoms with E-state index >= 15 is 0 Å². The Hall–Kier alpha value is -1.80. The minimum atomic E-state index is -0.0250. The van der Waals surface area contributed by atoms with E-state index in [4.69, 9.17) is 16.3 Å². The average Bonchev–Trinajstić information content (AvgIpc) is 2.42. The van der Waals surface area contributed by atoms with Crippen LogP contribution in [0.2, 0.25) is 5.02 Å². The van der Waals surface area contributed by atoms with E-state index < -0.39 is 0 Å². The number of rotatable bonds is 4. The van der Waals surface area contributed by atoms with Gasteiger partial charge in [0.05, 0.1) is 6.61 Å². The van der Waals surface area contributed by atoms with E-state index in [2.05, 4.69) is 0 Å². The van der Waals surface area contributed by atoms with Crippen LogP contribution in [-0.2, 0) is 0 Å². The molecule has 0 bridgehead atoms. The number of carbonyl (C=O) groups is 1. The highest BCUT2D eigenvalue weighted by molar-refractivity contribution is 6.32. The van der Waals surface area contributed by atoms with Crippen LogP contribution in [0, 0.1) is 6.92 Å². The lowest BCUT2D eigenvalue weighted by atomic mass is 9.99. The molecule has 2 aromatic rings. The van der Waals surface area contributed by atoms with Gasteiger partial charge in [0.15, 0.2) is 5.78 Å². The van der Waals surface area contributed by atoms with Crippen LogP contribution in [0.5, 0.6) is 5.75 Å². The van der Waals surface area contributed by atoms with Gasteiger partial charge in [-0.1, -0.05) is 23.7 Å². The van der Waals surface area contributed by atoms with E-state index in [0.717, 1.165) is 11.3 Å². The van der Waals surface area contributed by atoms with Crippen molar-refractivity contribution in [1.82, 2.24) is 0 Å². The van der Waals surface area contributed by atoms with Gasteiger partial charge in [-0.15, -0.1) is 0 Å². The van der Waals surface area contributed by atoms with Crippen molar-refractivity contribution in [3.05, 3.63) is 64.2 Å². The quantitative estimate of drug-likeness (QED) is 0.778. The van der Waals surface area contributed by atoms with Gasteiger partial charge in [-0.3, -0.25) is 4.79 Å². The van der Waals surface area contributed by atoms with Crippen molar-refractivity contribution in [3.8, 4) is 5.75 Å². The first-order chi connectivity index (χ1) is 9.13. The normalized spacial score (nSPS) is 10.3. The fourth-order valence-corrected chi connectivity index (χ4v) is 2.05. The third kappa shape index (κ3) is 2.96. The molecule has 0 aromatic heterocycles. The van der Waals surface area contributed by atoms with E-state index in [1.807, 2.05) is 13.8 Å². The molecule has 0 spiro atoms. The second kappa shape index (κ2) is 5.89. The zero-order valence-corrected chi connectivity index (χ0v) is 11.7. The molecule has 98 valence electrons. The molecule has 0 amide bonds. The van der Waals surface area contributed by atoms with Gasteiger partial charge in [0, 0.05) is 16.1 Å². The maximum absolute atomic E-state index is 12.4. The standard InChI is InChI=1S/C16H15ClO2/c1-3-19-13-9-7-12(8-10-13)16(18)14-5-4-6-15(17)11(14)2/h4-10H,3H2,1-2H3. The van der Waals surface area contributed by atoms with Crippen molar-refractivity contribution in [1.29, 1.82) is 0 Å². The molecule has 0 unspecified atom stereocenters. The maximum Gasteiger partial charge on any atom is 0.193 e. The van der Waals surface area contributed by atoms with E-state index in [-0.39, 0.29) is 5.78 Å². The molecule has 19 heavy (non-hydrogen) atoms. The Morgan fingerprint density at radius 2 is 1.84 bits per heavy atom. The van der Waals surface area contributed by atoms with Crippen LogP contribution in [0.4, 0.5) is 0 Å². The number of benzene rings is 2. The average molecular weight is 275 g/mol. The monoisotopic (exact) mass is 274 g/mol. The van der Waals surface area contributed by atoms with Crippen molar-refractivity contribution in [3.63, 3.8) is 0 Å².